The molecule has 0 aliphatic carbocycles. The average Bonchev–Trinajstić information content (AvgIpc) is 2.14. The summed E-state index contributed by atoms with van der Waals surface area (Å²) in [6.07, 6.45) is 0.916. The Labute approximate surface area is 84.2 Å². The lowest BCUT2D eigenvalue weighted by Crippen LogP contribution is -2.03. The maximum Gasteiger partial charge on any atom is 0.0602 e. The van der Waals surface area contributed by atoms with Gasteiger partial charge in [0.05, 0.1) is 6.10 Å². The first kappa shape index (κ1) is 10.6. The Hall–Kier alpha value is -0.470. The Bertz CT molecular complexity index is 221. The van der Waals surface area contributed by atoms with Crippen molar-refractivity contribution in [3.8, 4) is 0 Å². The molecular formula is C11H16OS. The van der Waals surface area contributed by atoms with Crippen molar-refractivity contribution in [3.05, 3.63) is 35.9 Å². The van der Waals surface area contributed by atoms with Crippen LogP contribution in [0.2, 0.25) is 0 Å². The molecule has 0 bridgehead atoms. The molecule has 1 N–H and O–H groups in total. The molecule has 0 amide bonds. The van der Waals surface area contributed by atoms with Crippen molar-refractivity contribution >= 4 is 11.8 Å². The molecule has 1 atom stereocenters. The van der Waals surface area contributed by atoms with E-state index >= 15 is 0 Å². The summed E-state index contributed by atoms with van der Waals surface area (Å²) in [5, 5.41) is 9.03. The van der Waals surface area contributed by atoms with Gasteiger partial charge < -0.3 is 5.11 Å². The molecule has 1 aromatic rings. The highest BCUT2D eigenvalue weighted by Gasteiger charge is 1.96. The molecule has 13 heavy (non-hydrogen) atoms. The second-order valence-corrected chi connectivity index (χ2v) is 4.31. The zero-order valence-corrected chi connectivity index (χ0v) is 8.76. The van der Waals surface area contributed by atoms with Crippen LogP contribution in [0.3, 0.4) is 0 Å². The van der Waals surface area contributed by atoms with Gasteiger partial charge in [0.2, 0.25) is 0 Å². The van der Waals surface area contributed by atoms with E-state index in [1.807, 2.05) is 13.0 Å². The third-order valence-corrected chi connectivity index (χ3v) is 2.95. The summed E-state index contributed by atoms with van der Waals surface area (Å²) in [6, 6.07) is 10.4. The van der Waals surface area contributed by atoms with Gasteiger partial charge in [-0.1, -0.05) is 30.3 Å². The van der Waals surface area contributed by atoms with Crippen LogP contribution in [0.1, 0.15) is 12.5 Å². The molecule has 0 radical (unpaired) electrons. The quantitative estimate of drug-likeness (QED) is 0.729. The summed E-state index contributed by atoms with van der Waals surface area (Å²) >= 11 is 1.81. The predicted molar refractivity (Wildman–Crippen MR) is 59.2 cm³/mol. The minimum absolute atomic E-state index is 0.180. The molecule has 0 saturated heterocycles. The Morgan fingerprint density at radius 1 is 1.31 bits per heavy atom. The lowest BCUT2D eigenvalue weighted by Gasteiger charge is -2.03. The van der Waals surface area contributed by atoms with E-state index in [1.54, 1.807) is 11.8 Å². The van der Waals surface area contributed by atoms with Gasteiger partial charge in [-0.3, -0.25) is 0 Å². The van der Waals surface area contributed by atoms with E-state index in [4.69, 9.17) is 5.11 Å². The first-order valence-corrected chi connectivity index (χ1v) is 5.74. The molecule has 0 unspecified atom stereocenters. The molecule has 2 heteroatoms. The van der Waals surface area contributed by atoms with Gasteiger partial charge >= 0.3 is 0 Å². The van der Waals surface area contributed by atoms with E-state index in [9.17, 15) is 0 Å². The van der Waals surface area contributed by atoms with Crippen molar-refractivity contribution in [3.63, 3.8) is 0 Å². The van der Waals surface area contributed by atoms with Gasteiger partial charge in [-0.15, -0.1) is 0 Å². The number of hydrogen-bond donors (Lipinski definition) is 1. The van der Waals surface area contributed by atoms with Crippen LogP contribution < -0.4 is 0 Å². The van der Waals surface area contributed by atoms with Crippen LogP contribution in [0.15, 0.2) is 30.3 Å². The number of hydrogen-bond acceptors (Lipinski definition) is 2. The SMILES string of the molecule is C[C@@H](O)CSCCc1ccccc1. The predicted octanol–water partition coefficient (Wildman–Crippen LogP) is 2.34. The van der Waals surface area contributed by atoms with E-state index in [2.05, 4.69) is 24.3 Å². The Balaban J connectivity index is 2.13. The number of aliphatic hydroxyl groups excluding tert-OH is 1. The number of aliphatic hydroxyl groups is 1. The van der Waals surface area contributed by atoms with Crippen molar-refractivity contribution in [2.75, 3.05) is 11.5 Å². The number of thioether (sulfide) groups is 1. The van der Waals surface area contributed by atoms with Crippen LogP contribution in [-0.2, 0) is 6.42 Å². The average molecular weight is 196 g/mol. The summed E-state index contributed by atoms with van der Waals surface area (Å²) < 4.78 is 0. The molecular weight excluding hydrogens is 180 g/mol. The molecule has 1 aromatic carbocycles. The van der Waals surface area contributed by atoms with Gasteiger partial charge in [0.25, 0.3) is 0 Å². The minimum atomic E-state index is -0.180. The second-order valence-electron chi connectivity index (χ2n) is 3.16. The van der Waals surface area contributed by atoms with E-state index in [1.165, 1.54) is 5.56 Å². The smallest absolute Gasteiger partial charge is 0.0602 e. The number of rotatable bonds is 5. The topological polar surface area (TPSA) is 20.2 Å². The first-order chi connectivity index (χ1) is 6.29. The number of benzene rings is 1. The third kappa shape index (κ3) is 4.96. The van der Waals surface area contributed by atoms with Crippen LogP contribution in [0.5, 0.6) is 0 Å². The highest BCUT2D eigenvalue weighted by atomic mass is 32.2. The minimum Gasteiger partial charge on any atom is -0.393 e. The van der Waals surface area contributed by atoms with Crippen LogP contribution in [0, 0.1) is 0 Å². The standard InChI is InChI=1S/C11H16OS/c1-10(12)9-13-8-7-11-5-3-2-4-6-11/h2-6,10,12H,7-9H2,1H3/t10-/m1/s1. The highest BCUT2D eigenvalue weighted by Crippen LogP contribution is 2.07. The van der Waals surface area contributed by atoms with Gasteiger partial charge in [-0.05, 0) is 24.7 Å². The van der Waals surface area contributed by atoms with Crippen LogP contribution in [0.4, 0.5) is 0 Å². The molecule has 1 nitrogen and oxygen atoms in total. The monoisotopic (exact) mass is 196 g/mol. The molecule has 0 aliphatic heterocycles. The lowest BCUT2D eigenvalue weighted by molar-refractivity contribution is 0.220. The van der Waals surface area contributed by atoms with E-state index in [0.717, 1.165) is 17.9 Å². The fraction of sp³-hybridized carbons (Fsp3) is 0.455. The van der Waals surface area contributed by atoms with E-state index < -0.39 is 0 Å². The van der Waals surface area contributed by atoms with E-state index in [-0.39, 0.29) is 6.10 Å². The van der Waals surface area contributed by atoms with E-state index in [0.29, 0.717) is 0 Å². The van der Waals surface area contributed by atoms with Crippen molar-refractivity contribution in [2.45, 2.75) is 19.4 Å². The molecule has 72 valence electrons. The lowest BCUT2D eigenvalue weighted by atomic mass is 10.2. The van der Waals surface area contributed by atoms with Gasteiger partial charge in [-0.2, -0.15) is 11.8 Å². The van der Waals surface area contributed by atoms with Gasteiger partial charge in [-0.25, -0.2) is 0 Å². The van der Waals surface area contributed by atoms with Crippen molar-refractivity contribution in [2.24, 2.45) is 0 Å². The Morgan fingerprint density at radius 2 is 2.00 bits per heavy atom. The summed E-state index contributed by atoms with van der Waals surface area (Å²) in [4.78, 5) is 0. The molecule has 0 aromatic heterocycles. The fourth-order valence-electron chi connectivity index (χ4n) is 1.09. The first-order valence-electron chi connectivity index (χ1n) is 4.59. The molecule has 0 aliphatic rings. The van der Waals surface area contributed by atoms with Crippen LogP contribution in [-0.4, -0.2) is 22.7 Å². The van der Waals surface area contributed by atoms with Gasteiger partial charge in [0.15, 0.2) is 0 Å². The summed E-state index contributed by atoms with van der Waals surface area (Å²) in [5.41, 5.74) is 1.38. The van der Waals surface area contributed by atoms with Crippen molar-refractivity contribution in [1.29, 1.82) is 0 Å². The summed E-state index contributed by atoms with van der Waals surface area (Å²) in [6.45, 7) is 1.83. The fourth-order valence-corrected chi connectivity index (χ4v) is 1.98. The zero-order chi connectivity index (χ0) is 9.52. The Morgan fingerprint density at radius 3 is 2.62 bits per heavy atom. The second kappa shape index (κ2) is 6.06. The van der Waals surface area contributed by atoms with Crippen molar-refractivity contribution < 1.29 is 5.11 Å². The maximum atomic E-state index is 9.03. The molecule has 0 saturated carbocycles. The molecule has 0 fully saturated rings. The molecule has 0 spiro atoms. The number of aryl methyl sites for hydroxylation is 1. The molecule has 1 rings (SSSR count). The zero-order valence-electron chi connectivity index (χ0n) is 7.94. The third-order valence-electron chi connectivity index (χ3n) is 1.74. The normalized spacial score (nSPS) is 12.8. The summed E-state index contributed by atoms with van der Waals surface area (Å²) in [7, 11) is 0. The van der Waals surface area contributed by atoms with Gasteiger partial charge in [0.1, 0.15) is 0 Å². The molecule has 0 heterocycles. The maximum absolute atomic E-state index is 9.03. The summed E-state index contributed by atoms with van der Waals surface area (Å²) in [5.74, 6) is 1.93. The van der Waals surface area contributed by atoms with Crippen molar-refractivity contribution in [1.82, 2.24) is 0 Å². The van der Waals surface area contributed by atoms with Crippen LogP contribution in [0.25, 0.3) is 0 Å². The highest BCUT2D eigenvalue weighted by molar-refractivity contribution is 7.99. The van der Waals surface area contributed by atoms with Gasteiger partial charge in [0, 0.05) is 5.75 Å². The van der Waals surface area contributed by atoms with Crippen LogP contribution >= 0.6 is 11.8 Å². The Kier molecular flexibility index (Phi) is 4.94. The largest absolute Gasteiger partial charge is 0.393 e.